The summed E-state index contributed by atoms with van der Waals surface area (Å²) in [6.07, 6.45) is -2.49. The summed E-state index contributed by atoms with van der Waals surface area (Å²) in [5, 5.41) is 20.0. The maximum atomic E-state index is 10.6. The number of aromatic nitrogens is 1. The Morgan fingerprint density at radius 3 is 2.41 bits per heavy atom. The molecule has 1 aromatic carbocycles. The second-order valence-electron chi connectivity index (χ2n) is 6.82. The van der Waals surface area contributed by atoms with Crippen LogP contribution in [-0.2, 0) is 11.2 Å². The van der Waals surface area contributed by atoms with Gasteiger partial charge < -0.3 is 30.4 Å². The molecule has 0 saturated heterocycles. The van der Waals surface area contributed by atoms with E-state index in [0.29, 0.717) is 40.8 Å². The van der Waals surface area contributed by atoms with Gasteiger partial charge in [-0.2, -0.15) is 23.4 Å². The molecule has 0 amide bonds. The number of unbranched alkanes of at least 4 members (excludes halogenated alkanes) is 1. The van der Waals surface area contributed by atoms with E-state index >= 15 is 0 Å². The Hall–Kier alpha value is -3.88. The third kappa shape index (κ3) is 6.34. The molecule has 1 aliphatic heterocycles. The highest BCUT2D eigenvalue weighted by molar-refractivity contribution is 5.75. The summed E-state index contributed by atoms with van der Waals surface area (Å²) in [5.41, 5.74) is 8.80. The molecule has 2 aromatic rings. The number of carbonyl (C=O) groups is 1. The number of rotatable bonds is 6. The summed E-state index contributed by atoms with van der Waals surface area (Å²) in [7, 11) is 3.17. The van der Waals surface area contributed by atoms with Gasteiger partial charge in [-0.15, -0.1) is 0 Å². The quantitative estimate of drug-likeness (QED) is 0.424. The number of pyridine rings is 1. The van der Waals surface area contributed by atoms with Gasteiger partial charge in [0.15, 0.2) is 11.5 Å². The van der Waals surface area contributed by atoms with E-state index in [9.17, 15) is 18.4 Å². The topological polar surface area (TPSA) is 140 Å². The van der Waals surface area contributed by atoms with Gasteiger partial charge >= 0.3 is 12.1 Å². The number of aliphatic carboxylic acids is 1. The lowest BCUT2D eigenvalue weighted by Crippen LogP contribution is -2.21. The lowest BCUT2D eigenvalue weighted by molar-refractivity contribution is -0.192. The predicted molar refractivity (Wildman–Crippen MR) is 120 cm³/mol. The smallest absolute Gasteiger partial charge is 0.490 e. The van der Waals surface area contributed by atoms with E-state index in [1.54, 1.807) is 20.3 Å². The Balaban J connectivity index is 0.000000633. The first kappa shape index (κ1) is 28.2. The van der Waals surface area contributed by atoms with Gasteiger partial charge in [-0.3, -0.25) is 0 Å². The van der Waals surface area contributed by atoms with Crippen molar-refractivity contribution in [3.63, 3.8) is 0 Å². The lowest BCUT2D eigenvalue weighted by Gasteiger charge is -2.24. The number of ether oxygens (including phenoxy) is 3. The van der Waals surface area contributed by atoms with Crippen molar-refractivity contribution < 1.29 is 37.3 Å². The largest absolute Gasteiger partial charge is 0.493 e. The molecule has 186 valence electrons. The Labute approximate surface area is 195 Å². The van der Waals surface area contributed by atoms with Crippen LogP contribution >= 0.6 is 0 Å². The molecule has 0 atom stereocenters. The molecule has 0 fully saturated rings. The zero-order chi connectivity index (χ0) is 24.8. The number of nitriles is 1. The molecule has 0 radical (unpaired) electrons. The standard InChI is InChI=1S/C19H22N4O3.C2HF3O2.CH4/c1-4-5-6-22-17-12-7-11-8-15(24-2)16(25-3)9-14(11)26-19(12)23-18(21)13(17)10-20;3-2(4,5)1(6)7;/h8-9H,4-7H2,1-3H3,(H3,21,22,23);(H,6,7);1H4. The molecule has 0 unspecified atom stereocenters. The summed E-state index contributed by atoms with van der Waals surface area (Å²) in [6, 6.07) is 5.81. The lowest BCUT2D eigenvalue weighted by atomic mass is 9.98. The number of benzene rings is 1. The molecular formula is C22H27F3N4O5. The number of methoxy groups -OCH3 is 2. The Morgan fingerprint density at radius 2 is 1.91 bits per heavy atom. The first-order valence-corrected chi connectivity index (χ1v) is 9.76. The number of nitrogen functional groups attached to an aromatic ring is 1. The van der Waals surface area contributed by atoms with Gasteiger partial charge in [-0.25, -0.2) is 4.79 Å². The number of halogens is 3. The van der Waals surface area contributed by atoms with Crippen LogP contribution in [0.3, 0.4) is 0 Å². The summed E-state index contributed by atoms with van der Waals surface area (Å²) in [6.45, 7) is 2.86. The average molecular weight is 484 g/mol. The fourth-order valence-corrected chi connectivity index (χ4v) is 3.00. The van der Waals surface area contributed by atoms with E-state index in [0.717, 1.165) is 30.5 Å². The van der Waals surface area contributed by atoms with Crippen LogP contribution in [0.1, 0.15) is 43.9 Å². The molecule has 34 heavy (non-hydrogen) atoms. The average Bonchev–Trinajstić information content (AvgIpc) is 2.76. The predicted octanol–water partition coefficient (Wildman–Crippen LogP) is 4.73. The van der Waals surface area contributed by atoms with Crippen molar-refractivity contribution in [3.8, 4) is 29.2 Å². The van der Waals surface area contributed by atoms with Crippen molar-refractivity contribution >= 4 is 17.5 Å². The minimum absolute atomic E-state index is 0. The molecule has 2 heterocycles. The first-order valence-electron chi connectivity index (χ1n) is 9.76. The van der Waals surface area contributed by atoms with Crippen LogP contribution in [0.4, 0.5) is 24.7 Å². The van der Waals surface area contributed by atoms with Crippen molar-refractivity contribution in [3.05, 3.63) is 28.8 Å². The molecule has 0 aliphatic carbocycles. The van der Waals surface area contributed by atoms with Crippen LogP contribution in [0, 0.1) is 11.3 Å². The minimum Gasteiger partial charge on any atom is -0.493 e. The molecule has 0 bridgehead atoms. The summed E-state index contributed by atoms with van der Waals surface area (Å²) < 4.78 is 48.4. The number of fused-ring (bicyclic) bond motifs is 2. The molecule has 1 aromatic heterocycles. The zero-order valence-electron chi connectivity index (χ0n) is 18.2. The van der Waals surface area contributed by atoms with Gasteiger partial charge in [0.1, 0.15) is 23.2 Å². The Kier molecular flexibility index (Phi) is 9.79. The summed E-state index contributed by atoms with van der Waals surface area (Å²) >= 11 is 0. The Morgan fingerprint density at radius 1 is 1.32 bits per heavy atom. The molecule has 0 spiro atoms. The maximum absolute atomic E-state index is 10.6. The van der Waals surface area contributed by atoms with Crippen molar-refractivity contribution in [2.24, 2.45) is 0 Å². The van der Waals surface area contributed by atoms with Crippen molar-refractivity contribution in [2.75, 3.05) is 31.8 Å². The highest BCUT2D eigenvalue weighted by Crippen LogP contribution is 2.45. The van der Waals surface area contributed by atoms with E-state index in [1.807, 2.05) is 6.07 Å². The minimum atomic E-state index is -5.08. The normalized spacial score (nSPS) is 11.2. The van der Waals surface area contributed by atoms with Gasteiger partial charge in [-0.05, 0) is 12.5 Å². The van der Waals surface area contributed by atoms with Gasteiger partial charge in [0.25, 0.3) is 0 Å². The van der Waals surface area contributed by atoms with Crippen LogP contribution in [-0.4, -0.2) is 43.0 Å². The molecular weight excluding hydrogens is 457 g/mol. The van der Waals surface area contributed by atoms with Crippen LogP contribution in [0.25, 0.3) is 0 Å². The number of nitrogens with two attached hydrogens (primary N) is 1. The highest BCUT2D eigenvalue weighted by atomic mass is 19.4. The van der Waals surface area contributed by atoms with Crippen LogP contribution < -0.4 is 25.3 Å². The van der Waals surface area contributed by atoms with Crippen LogP contribution in [0.2, 0.25) is 0 Å². The van der Waals surface area contributed by atoms with Gasteiger partial charge in [-0.1, -0.05) is 20.8 Å². The molecule has 9 nitrogen and oxygen atoms in total. The number of hydrogen-bond donors (Lipinski definition) is 3. The van der Waals surface area contributed by atoms with Gasteiger partial charge in [0.05, 0.1) is 19.9 Å². The molecule has 4 N–H and O–H groups in total. The van der Waals surface area contributed by atoms with E-state index in [4.69, 9.17) is 29.8 Å². The molecule has 0 saturated carbocycles. The monoisotopic (exact) mass is 484 g/mol. The number of nitrogens with zero attached hydrogens (tertiary/aromatic N) is 2. The molecule has 3 rings (SSSR count). The van der Waals surface area contributed by atoms with Gasteiger partial charge in [0.2, 0.25) is 5.88 Å². The van der Waals surface area contributed by atoms with E-state index < -0.39 is 12.1 Å². The number of alkyl halides is 3. The van der Waals surface area contributed by atoms with Crippen LogP contribution in [0.15, 0.2) is 12.1 Å². The Bertz CT molecular complexity index is 1070. The number of nitrogens with one attached hydrogen (secondary N) is 1. The van der Waals surface area contributed by atoms with Crippen molar-refractivity contribution in [1.82, 2.24) is 4.98 Å². The number of anilines is 2. The van der Waals surface area contributed by atoms with E-state index in [1.165, 1.54) is 0 Å². The fraction of sp³-hybridized carbons (Fsp3) is 0.409. The van der Waals surface area contributed by atoms with E-state index in [2.05, 4.69) is 23.3 Å². The fourth-order valence-electron chi connectivity index (χ4n) is 3.00. The van der Waals surface area contributed by atoms with Crippen molar-refractivity contribution in [2.45, 2.75) is 39.8 Å². The molecule has 1 aliphatic rings. The highest BCUT2D eigenvalue weighted by Gasteiger charge is 2.38. The summed E-state index contributed by atoms with van der Waals surface area (Å²) in [5.74, 6) is -0.325. The van der Waals surface area contributed by atoms with Gasteiger partial charge in [0, 0.05) is 30.2 Å². The first-order chi connectivity index (χ1) is 15.6. The second-order valence-corrected chi connectivity index (χ2v) is 6.82. The van der Waals surface area contributed by atoms with E-state index in [-0.39, 0.29) is 13.2 Å². The maximum Gasteiger partial charge on any atom is 0.490 e. The zero-order valence-corrected chi connectivity index (χ0v) is 18.2. The number of hydrogen-bond acceptors (Lipinski definition) is 8. The second kappa shape index (κ2) is 11.8. The number of carboxylic acid groups (broad SMARTS) is 1. The summed E-state index contributed by atoms with van der Waals surface area (Å²) in [4.78, 5) is 13.2. The third-order valence-corrected chi connectivity index (χ3v) is 4.62. The molecule has 12 heteroatoms. The SMILES string of the molecule is C.CCCCNc1c(C#N)c(N)nc2c1Cc1cc(OC)c(OC)cc1O2.O=C(O)C(F)(F)F. The van der Waals surface area contributed by atoms with Crippen molar-refractivity contribution in [1.29, 1.82) is 5.26 Å². The van der Waals surface area contributed by atoms with Crippen LogP contribution in [0.5, 0.6) is 23.1 Å². The number of carboxylic acids is 1. The third-order valence-electron chi connectivity index (χ3n) is 4.62.